The van der Waals surface area contributed by atoms with Crippen LogP contribution in [-0.2, 0) is 4.79 Å². The summed E-state index contributed by atoms with van der Waals surface area (Å²) in [7, 11) is 1.99. The van der Waals surface area contributed by atoms with E-state index < -0.39 is 0 Å². The van der Waals surface area contributed by atoms with E-state index in [4.69, 9.17) is 4.74 Å². The normalized spacial score (nSPS) is 15.0. The van der Waals surface area contributed by atoms with Crippen LogP contribution in [0.4, 0.5) is 0 Å². The van der Waals surface area contributed by atoms with Crippen LogP contribution in [0.5, 0.6) is 5.75 Å². The van der Waals surface area contributed by atoms with E-state index in [1.165, 1.54) is 0 Å². The molecule has 2 aromatic rings. The predicted molar refractivity (Wildman–Crippen MR) is 105 cm³/mol. The smallest absolute Gasteiger partial charge is 0.225 e. The molecule has 1 fully saturated rings. The van der Waals surface area contributed by atoms with Crippen molar-refractivity contribution in [3.05, 3.63) is 54.6 Å². The third-order valence-electron chi connectivity index (χ3n) is 5.01. The Balaban J connectivity index is 1.51. The first-order valence-electron chi connectivity index (χ1n) is 9.47. The Hall–Kier alpha value is -2.33. The predicted octanol–water partition coefficient (Wildman–Crippen LogP) is 3.58. The maximum absolute atomic E-state index is 12.4. The van der Waals surface area contributed by atoms with Crippen molar-refractivity contribution in [2.75, 3.05) is 33.3 Å². The lowest BCUT2D eigenvalue weighted by Crippen LogP contribution is -2.40. The molecule has 4 nitrogen and oxygen atoms in total. The highest BCUT2D eigenvalue weighted by Crippen LogP contribution is 2.29. The van der Waals surface area contributed by atoms with Gasteiger partial charge in [-0.25, -0.2) is 0 Å². The second kappa shape index (κ2) is 9.39. The number of benzene rings is 2. The summed E-state index contributed by atoms with van der Waals surface area (Å²) in [4.78, 5) is 14.4. The zero-order valence-electron chi connectivity index (χ0n) is 15.5. The molecule has 0 saturated carbocycles. The van der Waals surface area contributed by atoms with E-state index in [9.17, 15) is 4.79 Å². The summed E-state index contributed by atoms with van der Waals surface area (Å²) in [5, 5.41) is 3.23. The second-order valence-electron chi connectivity index (χ2n) is 6.84. The fraction of sp³-hybridized carbons (Fsp3) is 0.409. The van der Waals surface area contributed by atoms with Gasteiger partial charge < -0.3 is 15.0 Å². The Bertz CT molecular complexity index is 694. The molecule has 2 aromatic carbocycles. The monoisotopic (exact) mass is 352 g/mol. The largest absolute Gasteiger partial charge is 0.492 e. The van der Waals surface area contributed by atoms with E-state index in [0.29, 0.717) is 18.9 Å². The number of ether oxygens (including phenoxy) is 1. The summed E-state index contributed by atoms with van der Waals surface area (Å²) >= 11 is 0. The molecule has 3 rings (SSSR count). The SMILES string of the molecule is CNCC1CCN(C(=O)CCOc2ccccc2-c2ccccc2)CC1. The first kappa shape index (κ1) is 18.5. The molecule has 1 aliphatic rings. The van der Waals surface area contributed by atoms with E-state index in [1.807, 2.05) is 48.3 Å². The summed E-state index contributed by atoms with van der Waals surface area (Å²) in [6.07, 6.45) is 2.61. The molecule has 1 amide bonds. The van der Waals surface area contributed by atoms with Crippen LogP contribution in [0.2, 0.25) is 0 Å². The summed E-state index contributed by atoms with van der Waals surface area (Å²) in [6, 6.07) is 18.2. The van der Waals surface area contributed by atoms with Gasteiger partial charge in [-0.15, -0.1) is 0 Å². The van der Waals surface area contributed by atoms with E-state index in [1.54, 1.807) is 0 Å². The molecule has 0 aromatic heterocycles. The van der Waals surface area contributed by atoms with Gasteiger partial charge in [0.2, 0.25) is 5.91 Å². The molecule has 1 saturated heterocycles. The van der Waals surface area contributed by atoms with Crippen molar-refractivity contribution in [3.8, 4) is 16.9 Å². The number of carbonyl (C=O) groups excluding carboxylic acids is 1. The summed E-state index contributed by atoms with van der Waals surface area (Å²) in [5.41, 5.74) is 2.19. The number of rotatable bonds is 7. The molecule has 1 aliphatic heterocycles. The Labute approximate surface area is 156 Å². The lowest BCUT2D eigenvalue weighted by molar-refractivity contribution is -0.133. The molecular weight excluding hydrogens is 324 g/mol. The lowest BCUT2D eigenvalue weighted by atomic mass is 9.97. The van der Waals surface area contributed by atoms with Crippen molar-refractivity contribution in [2.45, 2.75) is 19.3 Å². The minimum absolute atomic E-state index is 0.199. The van der Waals surface area contributed by atoms with E-state index >= 15 is 0 Å². The Morgan fingerprint density at radius 1 is 1.08 bits per heavy atom. The van der Waals surface area contributed by atoms with Gasteiger partial charge in [-0.2, -0.15) is 0 Å². The highest BCUT2D eigenvalue weighted by atomic mass is 16.5. The van der Waals surface area contributed by atoms with Crippen LogP contribution < -0.4 is 10.1 Å². The highest BCUT2D eigenvalue weighted by Gasteiger charge is 2.22. The molecule has 4 heteroatoms. The maximum atomic E-state index is 12.4. The molecule has 0 radical (unpaired) electrons. The number of para-hydroxylation sites is 1. The minimum atomic E-state index is 0.199. The standard InChI is InChI=1S/C22H28N2O2/c1-23-17-18-11-14-24(15-12-18)22(25)13-16-26-21-10-6-5-9-20(21)19-7-3-2-4-8-19/h2-10,18,23H,11-17H2,1H3. The van der Waals surface area contributed by atoms with Gasteiger partial charge in [0.25, 0.3) is 0 Å². The number of hydrogen-bond acceptors (Lipinski definition) is 3. The number of amides is 1. The zero-order chi connectivity index (χ0) is 18.2. The molecule has 1 N–H and O–H groups in total. The molecule has 0 atom stereocenters. The lowest BCUT2D eigenvalue weighted by Gasteiger charge is -2.32. The minimum Gasteiger partial charge on any atom is -0.492 e. The average molecular weight is 352 g/mol. The van der Waals surface area contributed by atoms with Gasteiger partial charge in [-0.3, -0.25) is 4.79 Å². The van der Waals surface area contributed by atoms with Gasteiger partial charge in [0.1, 0.15) is 5.75 Å². The van der Waals surface area contributed by atoms with E-state index in [0.717, 1.165) is 49.4 Å². The third-order valence-corrected chi connectivity index (χ3v) is 5.01. The first-order chi connectivity index (χ1) is 12.8. The van der Waals surface area contributed by atoms with Gasteiger partial charge in [0, 0.05) is 18.7 Å². The van der Waals surface area contributed by atoms with Crippen LogP contribution in [0.25, 0.3) is 11.1 Å². The first-order valence-corrected chi connectivity index (χ1v) is 9.47. The summed E-state index contributed by atoms with van der Waals surface area (Å²) in [5.74, 6) is 1.72. The molecule has 138 valence electrons. The quantitative estimate of drug-likeness (QED) is 0.828. The zero-order valence-corrected chi connectivity index (χ0v) is 15.5. The molecule has 0 aliphatic carbocycles. The Morgan fingerprint density at radius 3 is 2.50 bits per heavy atom. The number of nitrogens with one attached hydrogen (secondary N) is 1. The maximum Gasteiger partial charge on any atom is 0.225 e. The third kappa shape index (κ3) is 4.85. The second-order valence-corrected chi connectivity index (χ2v) is 6.84. The van der Waals surface area contributed by atoms with Gasteiger partial charge >= 0.3 is 0 Å². The molecule has 26 heavy (non-hydrogen) atoms. The van der Waals surface area contributed by atoms with Gasteiger partial charge in [-0.05, 0) is 44.0 Å². The molecule has 0 unspecified atom stereocenters. The topological polar surface area (TPSA) is 41.6 Å². The molecule has 1 heterocycles. The van der Waals surface area contributed by atoms with Crippen LogP contribution in [0.3, 0.4) is 0 Å². The van der Waals surface area contributed by atoms with Crippen LogP contribution in [0.1, 0.15) is 19.3 Å². The number of likely N-dealkylation sites (tertiary alicyclic amines) is 1. The van der Waals surface area contributed by atoms with Crippen molar-refractivity contribution >= 4 is 5.91 Å². The highest BCUT2D eigenvalue weighted by molar-refractivity contribution is 5.76. The number of piperidine rings is 1. The van der Waals surface area contributed by atoms with Gasteiger partial charge in [-0.1, -0.05) is 48.5 Å². The molecule has 0 bridgehead atoms. The number of hydrogen-bond donors (Lipinski definition) is 1. The van der Waals surface area contributed by atoms with Crippen LogP contribution in [0.15, 0.2) is 54.6 Å². The average Bonchev–Trinajstić information content (AvgIpc) is 2.70. The Kier molecular flexibility index (Phi) is 6.67. The van der Waals surface area contributed by atoms with Crippen molar-refractivity contribution in [2.24, 2.45) is 5.92 Å². The molecule has 0 spiro atoms. The fourth-order valence-electron chi connectivity index (χ4n) is 3.53. The van der Waals surface area contributed by atoms with Gasteiger partial charge in [0.15, 0.2) is 0 Å². The van der Waals surface area contributed by atoms with Crippen molar-refractivity contribution in [3.63, 3.8) is 0 Å². The summed E-state index contributed by atoms with van der Waals surface area (Å²) < 4.78 is 5.96. The van der Waals surface area contributed by atoms with Gasteiger partial charge in [0.05, 0.1) is 13.0 Å². The van der Waals surface area contributed by atoms with Crippen molar-refractivity contribution in [1.29, 1.82) is 0 Å². The Morgan fingerprint density at radius 2 is 1.77 bits per heavy atom. The number of carbonyl (C=O) groups is 1. The van der Waals surface area contributed by atoms with Crippen LogP contribution in [-0.4, -0.2) is 44.1 Å². The fourth-order valence-corrected chi connectivity index (χ4v) is 3.53. The van der Waals surface area contributed by atoms with Crippen LogP contribution in [0, 0.1) is 5.92 Å². The van der Waals surface area contributed by atoms with Crippen molar-refractivity contribution < 1.29 is 9.53 Å². The van der Waals surface area contributed by atoms with E-state index in [2.05, 4.69) is 23.5 Å². The van der Waals surface area contributed by atoms with Crippen LogP contribution >= 0.6 is 0 Å². The summed E-state index contributed by atoms with van der Waals surface area (Å²) in [6.45, 7) is 3.19. The van der Waals surface area contributed by atoms with Crippen molar-refractivity contribution in [1.82, 2.24) is 10.2 Å². The van der Waals surface area contributed by atoms with E-state index in [-0.39, 0.29) is 5.91 Å². The number of nitrogens with zero attached hydrogens (tertiary/aromatic N) is 1. The molecular formula is C22H28N2O2.